The van der Waals surface area contributed by atoms with Gasteiger partial charge in [-0.05, 0) is 37.5 Å². The van der Waals surface area contributed by atoms with Gasteiger partial charge in [-0.2, -0.15) is 0 Å². The number of aromatic nitrogens is 1. The first-order valence-electron chi connectivity index (χ1n) is 9.67. The van der Waals surface area contributed by atoms with Gasteiger partial charge in [-0.25, -0.2) is 0 Å². The molecule has 7 nitrogen and oxygen atoms in total. The average molecular weight is 410 g/mol. The summed E-state index contributed by atoms with van der Waals surface area (Å²) in [7, 11) is 4.60. The van der Waals surface area contributed by atoms with Gasteiger partial charge in [-0.1, -0.05) is 35.5 Å². The molecule has 3 aromatic rings. The maximum Gasteiger partial charge on any atom is 0.257 e. The lowest BCUT2D eigenvalue weighted by molar-refractivity contribution is 0.0953. The highest BCUT2D eigenvalue weighted by Gasteiger charge is 2.24. The molecule has 0 saturated heterocycles. The van der Waals surface area contributed by atoms with Crippen LogP contribution in [0.5, 0.6) is 17.2 Å². The standard InChI is InChI=1S/C23H26N2O5/c1-15-20(23(26)24-12-8-11-16-9-6-5-7-10-16)21(30-25-15)17-13-18(27-2)22(29-4)19(14-17)28-3/h5-7,9-10,13-14H,8,11-12H2,1-4H3,(H,24,26). The van der Waals surface area contributed by atoms with Crippen molar-refractivity contribution in [3.63, 3.8) is 0 Å². The fourth-order valence-electron chi connectivity index (χ4n) is 3.27. The summed E-state index contributed by atoms with van der Waals surface area (Å²) in [4.78, 5) is 12.9. The number of nitrogens with zero attached hydrogens (tertiary/aromatic N) is 1. The molecule has 1 aromatic heterocycles. The molecular formula is C23H26N2O5. The molecule has 2 aromatic carbocycles. The van der Waals surface area contributed by atoms with E-state index in [0.717, 1.165) is 12.8 Å². The molecule has 0 bridgehead atoms. The summed E-state index contributed by atoms with van der Waals surface area (Å²) in [6.45, 7) is 2.29. The number of hydrogen-bond donors (Lipinski definition) is 1. The molecule has 7 heteroatoms. The number of ether oxygens (including phenoxy) is 3. The van der Waals surface area contributed by atoms with Gasteiger partial charge in [0, 0.05) is 12.1 Å². The number of rotatable bonds is 9. The van der Waals surface area contributed by atoms with Crippen molar-refractivity contribution >= 4 is 5.91 Å². The minimum atomic E-state index is -0.231. The van der Waals surface area contributed by atoms with Gasteiger partial charge < -0.3 is 24.1 Å². The van der Waals surface area contributed by atoms with Crippen molar-refractivity contribution in [3.8, 4) is 28.6 Å². The normalized spacial score (nSPS) is 10.5. The number of hydrogen-bond acceptors (Lipinski definition) is 6. The van der Waals surface area contributed by atoms with E-state index in [1.165, 1.54) is 26.9 Å². The Morgan fingerprint density at radius 2 is 1.70 bits per heavy atom. The third kappa shape index (κ3) is 4.56. The topological polar surface area (TPSA) is 82.8 Å². The quantitative estimate of drug-likeness (QED) is 0.536. The molecule has 0 saturated carbocycles. The number of amides is 1. The lowest BCUT2D eigenvalue weighted by Gasteiger charge is -2.13. The highest BCUT2D eigenvalue weighted by molar-refractivity contribution is 6.00. The molecule has 0 radical (unpaired) electrons. The smallest absolute Gasteiger partial charge is 0.257 e. The first-order chi connectivity index (χ1) is 14.6. The molecule has 1 amide bonds. The predicted octanol–water partition coefficient (Wildman–Crippen LogP) is 4.04. The molecular weight excluding hydrogens is 384 g/mol. The number of benzene rings is 2. The Kier molecular flexibility index (Phi) is 6.95. The lowest BCUT2D eigenvalue weighted by Crippen LogP contribution is -2.25. The van der Waals surface area contributed by atoms with E-state index in [1.807, 2.05) is 18.2 Å². The predicted molar refractivity (Wildman–Crippen MR) is 113 cm³/mol. The fourth-order valence-corrected chi connectivity index (χ4v) is 3.27. The monoisotopic (exact) mass is 410 g/mol. The van der Waals surface area contributed by atoms with Gasteiger partial charge >= 0.3 is 0 Å². The highest BCUT2D eigenvalue weighted by atomic mass is 16.5. The summed E-state index contributed by atoms with van der Waals surface area (Å²) in [5.74, 6) is 1.52. The Morgan fingerprint density at radius 1 is 1.03 bits per heavy atom. The SMILES string of the molecule is COc1cc(-c2onc(C)c2C(=O)NCCCc2ccccc2)cc(OC)c1OC. The van der Waals surface area contributed by atoms with Crippen molar-refractivity contribution in [2.75, 3.05) is 27.9 Å². The lowest BCUT2D eigenvalue weighted by atomic mass is 10.0. The van der Waals surface area contributed by atoms with Crippen LogP contribution in [0, 0.1) is 6.92 Å². The van der Waals surface area contributed by atoms with Crippen LogP contribution in [0.25, 0.3) is 11.3 Å². The Labute approximate surface area is 175 Å². The summed E-state index contributed by atoms with van der Waals surface area (Å²) in [6.07, 6.45) is 1.73. The van der Waals surface area contributed by atoms with Gasteiger partial charge in [-0.15, -0.1) is 0 Å². The van der Waals surface area contributed by atoms with Crippen molar-refractivity contribution in [2.45, 2.75) is 19.8 Å². The Balaban J connectivity index is 1.78. The van der Waals surface area contributed by atoms with Gasteiger partial charge in [0.15, 0.2) is 17.3 Å². The van der Waals surface area contributed by atoms with E-state index in [9.17, 15) is 4.79 Å². The van der Waals surface area contributed by atoms with Crippen molar-refractivity contribution in [3.05, 3.63) is 59.3 Å². The maximum absolute atomic E-state index is 12.9. The van der Waals surface area contributed by atoms with Crippen LogP contribution in [0.1, 0.15) is 28.0 Å². The Hall–Kier alpha value is -3.48. The van der Waals surface area contributed by atoms with E-state index in [2.05, 4.69) is 22.6 Å². The minimum absolute atomic E-state index is 0.231. The fraction of sp³-hybridized carbons (Fsp3) is 0.304. The highest BCUT2D eigenvalue weighted by Crippen LogP contribution is 2.42. The summed E-state index contributed by atoms with van der Waals surface area (Å²) < 4.78 is 21.7. The third-order valence-corrected chi connectivity index (χ3v) is 4.79. The molecule has 0 spiro atoms. The Morgan fingerprint density at radius 3 is 2.30 bits per heavy atom. The third-order valence-electron chi connectivity index (χ3n) is 4.79. The molecule has 1 heterocycles. The van der Waals surface area contributed by atoms with Crippen LogP contribution in [0.3, 0.4) is 0 Å². The van der Waals surface area contributed by atoms with Gasteiger partial charge in [0.1, 0.15) is 5.56 Å². The van der Waals surface area contributed by atoms with Gasteiger partial charge in [-0.3, -0.25) is 4.79 Å². The number of nitrogens with one attached hydrogen (secondary N) is 1. The van der Waals surface area contributed by atoms with Crippen LogP contribution in [0.2, 0.25) is 0 Å². The number of methoxy groups -OCH3 is 3. The molecule has 0 aliphatic carbocycles. The number of aryl methyl sites for hydroxylation is 2. The molecule has 1 N–H and O–H groups in total. The second-order valence-corrected chi connectivity index (χ2v) is 6.73. The molecule has 0 unspecified atom stereocenters. The van der Waals surface area contributed by atoms with Crippen LogP contribution in [0.15, 0.2) is 47.0 Å². The minimum Gasteiger partial charge on any atom is -0.493 e. The van der Waals surface area contributed by atoms with E-state index in [1.54, 1.807) is 19.1 Å². The first-order valence-corrected chi connectivity index (χ1v) is 9.67. The van der Waals surface area contributed by atoms with Gasteiger partial charge in [0.2, 0.25) is 5.75 Å². The van der Waals surface area contributed by atoms with Gasteiger partial charge in [0.25, 0.3) is 5.91 Å². The van der Waals surface area contributed by atoms with Crippen LogP contribution < -0.4 is 19.5 Å². The second-order valence-electron chi connectivity index (χ2n) is 6.73. The van der Waals surface area contributed by atoms with Crippen molar-refractivity contribution in [2.24, 2.45) is 0 Å². The van der Waals surface area contributed by atoms with Crippen LogP contribution in [-0.2, 0) is 6.42 Å². The van der Waals surface area contributed by atoms with Gasteiger partial charge in [0.05, 0.1) is 27.0 Å². The summed E-state index contributed by atoms with van der Waals surface area (Å²) in [5.41, 5.74) is 2.76. The number of carbonyl (C=O) groups excluding carboxylic acids is 1. The second kappa shape index (κ2) is 9.82. The summed E-state index contributed by atoms with van der Waals surface area (Å²) >= 11 is 0. The van der Waals surface area contributed by atoms with Crippen molar-refractivity contribution < 1.29 is 23.5 Å². The average Bonchev–Trinajstić information content (AvgIpc) is 3.17. The van der Waals surface area contributed by atoms with E-state index < -0.39 is 0 Å². The van der Waals surface area contributed by atoms with Crippen LogP contribution in [-0.4, -0.2) is 38.9 Å². The van der Waals surface area contributed by atoms with E-state index in [0.29, 0.717) is 46.4 Å². The largest absolute Gasteiger partial charge is 0.493 e. The number of carbonyl (C=O) groups is 1. The van der Waals surface area contributed by atoms with Crippen LogP contribution >= 0.6 is 0 Å². The molecule has 158 valence electrons. The molecule has 0 aliphatic rings. The maximum atomic E-state index is 12.9. The van der Waals surface area contributed by atoms with E-state index >= 15 is 0 Å². The molecule has 0 atom stereocenters. The van der Waals surface area contributed by atoms with E-state index in [4.69, 9.17) is 18.7 Å². The Bertz CT molecular complexity index is 973. The molecule has 0 aliphatic heterocycles. The zero-order chi connectivity index (χ0) is 21.5. The summed E-state index contributed by atoms with van der Waals surface area (Å²) in [6, 6.07) is 13.6. The van der Waals surface area contributed by atoms with Crippen LogP contribution in [0.4, 0.5) is 0 Å². The van der Waals surface area contributed by atoms with Crippen molar-refractivity contribution in [1.82, 2.24) is 10.5 Å². The zero-order valence-corrected chi connectivity index (χ0v) is 17.7. The van der Waals surface area contributed by atoms with Crippen molar-refractivity contribution in [1.29, 1.82) is 0 Å². The first kappa shape index (κ1) is 21.2. The summed E-state index contributed by atoms with van der Waals surface area (Å²) in [5, 5.41) is 6.95. The molecule has 30 heavy (non-hydrogen) atoms. The van der Waals surface area contributed by atoms with E-state index in [-0.39, 0.29) is 5.91 Å². The molecule has 0 fully saturated rings. The zero-order valence-electron chi connectivity index (χ0n) is 17.7. The molecule has 3 rings (SSSR count).